The van der Waals surface area contributed by atoms with Crippen molar-refractivity contribution in [2.75, 3.05) is 12.4 Å². The van der Waals surface area contributed by atoms with Gasteiger partial charge in [0.15, 0.2) is 0 Å². The Hall–Kier alpha value is -2.42. The molecule has 0 radical (unpaired) electrons. The predicted molar refractivity (Wildman–Crippen MR) is 88.1 cm³/mol. The lowest BCUT2D eigenvalue weighted by Crippen LogP contribution is -2.03. The number of aromatic nitrogens is 1. The first-order chi connectivity index (χ1) is 10.2. The topological polar surface area (TPSA) is 37.0 Å². The first-order valence-corrected chi connectivity index (χ1v) is 7.13. The molecular formula is C18H20N2O. The van der Waals surface area contributed by atoms with Gasteiger partial charge in [-0.05, 0) is 48.6 Å². The monoisotopic (exact) mass is 280 g/mol. The van der Waals surface area contributed by atoms with Gasteiger partial charge in [0, 0.05) is 29.5 Å². The van der Waals surface area contributed by atoms with Crippen molar-refractivity contribution >= 4 is 16.6 Å². The second-order valence-corrected chi connectivity index (χ2v) is 5.34. The van der Waals surface area contributed by atoms with E-state index in [9.17, 15) is 0 Å². The van der Waals surface area contributed by atoms with Crippen molar-refractivity contribution in [1.82, 2.24) is 4.98 Å². The fourth-order valence-electron chi connectivity index (χ4n) is 2.73. The number of aryl methyl sites for hydroxylation is 1. The van der Waals surface area contributed by atoms with Crippen LogP contribution in [0.5, 0.6) is 5.75 Å². The van der Waals surface area contributed by atoms with E-state index < -0.39 is 0 Å². The Labute approximate surface area is 125 Å². The third-order valence-corrected chi connectivity index (χ3v) is 3.91. The number of fused-ring (bicyclic) bond motifs is 1. The highest BCUT2D eigenvalue weighted by molar-refractivity contribution is 5.79. The lowest BCUT2D eigenvalue weighted by Gasteiger charge is -2.15. The van der Waals surface area contributed by atoms with Crippen LogP contribution in [0.25, 0.3) is 10.9 Å². The Kier molecular flexibility index (Phi) is 3.57. The maximum Gasteiger partial charge on any atom is 0.126 e. The minimum atomic E-state index is 0.794. The number of anilines is 1. The van der Waals surface area contributed by atoms with Gasteiger partial charge in [0.25, 0.3) is 0 Å². The molecule has 3 aromatic rings. The molecule has 0 spiro atoms. The average Bonchev–Trinajstić information content (AvgIpc) is 2.94. The van der Waals surface area contributed by atoms with Gasteiger partial charge in [-0.15, -0.1) is 0 Å². The summed E-state index contributed by atoms with van der Waals surface area (Å²) in [6, 6.07) is 12.8. The normalized spacial score (nSPS) is 10.8. The van der Waals surface area contributed by atoms with Crippen LogP contribution < -0.4 is 10.1 Å². The molecule has 2 N–H and O–H groups in total. The molecule has 0 aliphatic rings. The zero-order valence-electron chi connectivity index (χ0n) is 12.7. The van der Waals surface area contributed by atoms with Crippen molar-refractivity contribution in [2.45, 2.75) is 20.4 Å². The molecule has 0 aliphatic heterocycles. The maximum absolute atomic E-state index is 5.47. The van der Waals surface area contributed by atoms with Gasteiger partial charge in [-0.3, -0.25) is 0 Å². The van der Waals surface area contributed by atoms with Crippen molar-refractivity contribution in [3.8, 4) is 5.75 Å². The standard InChI is InChI=1S/C18H20N2O/c1-12-4-7-16(13(2)18(12)21-3)20-11-14-5-6-15-8-9-19-17(15)10-14/h4-10,19-20H,11H2,1-3H3. The Morgan fingerprint density at radius 1 is 1.10 bits per heavy atom. The fraction of sp³-hybridized carbons (Fsp3) is 0.222. The van der Waals surface area contributed by atoms with Gasteiger partial charge in [-0.2, -0.15) is 0 Å². The molecule has 3 nitrogen and oxygen atoms in total. The van der Waals surface area contributed by atoms with Gasteiger partial charge in [-0.1, -0.05) is 18.2 Å². The first kappa shape index (κ1) is 13.6. The fourth-order valence-corrected chi connectivity index (χ4v) is 2.73. The summed E-state index contributed by atoms with van der Waals surface area (Å²) in [4.78, 5) is 3.25. The maximum atomic E-state index is 5.47. The van der Waals surface area contributed by atoms with E-state index >= 15 is 0 Å². The van der Waals surface area contributed by atoms with Crippen LogP contribution in [0.15, 0.2) is 42.6 Å². The number of rotatable bonds is 4. The van der Waals surface area contributed by atoms with Gasteiger partial charge >= 0.3 is 0 Å². The number of methoxy groups -OCH3 is 1. The van der Waals surface area contributed by atoms with Crippen molar-refractivity contribution < 1.29 is 4.74 Å². The van der Waals surface area contributed by atoms with E-state index in [1.54, 1.807) is 7.11 Å². The smallest absolute Gasteiger partial charge is 0.126 e. The van der Waals surface area contributed by atoms with Crippen LogP contribution in [0.3, 0.4) is 0 Å². The summed E-state index contributed by atoms with van der Waals surface area (Å²) >= 11 is 0. The molecule has 0 aliphatic carbocycles. The third kappa shape index (κ3) is 2.59. The van der Waals surface area contributed by atoms with Crippen LogP contribution in [-0.2, 0) is 6.54 Å². The molecule has 0 atom stereocenters. The van der Waals surface area contributed by atoms with E-state index in [1.807, 2.05) is 6.20 Å². The van der Waals surface area contributed by atoms with E-state index in [4.69, 9.17) is 4.74 Å². The number of benzene rings is 2. The van der Waals surface area contributed by atoms with Gasteiger partial charge in [0.2, 0.25) is 0 Å². The molecule has 0 unspecified atom stereocenters. The summed E-state index contributed by atoms with van der Waals surface area (Å²) in [5.41, 5.74) is 5.85. The first-order valence-electron chi connectivity index (χ1n) is 7.13. The molecule has 3 rings (SSSR count). The van der Waals surface area contributed by atoms with Crippen LogP contribution >= 0.6 is 0 Å². The molecule has 0 fully saturated rings. The predicted octanol–water partition coefficient (Wildman–Crippen LogP) is 4.41. The molecule has 0 bridgehead atoms. The van der Waals surface area contributed by atoms with Crippen LogP contribution in [0.2, 0.25) is 0 Å². The lowest BCUT2D eigenvalue weighted by atomic mass is 10.1. The molecule has 108 valence electrons. The molecule has 1 aromatic heterocycles. The second kappa shape index (κ2) is 5.52. The van der Waals surface area contributed by atoms with E-state index in [2.05, 4.69) is 60.5 Å². The van der Waals surface area contributed by atoms with Crippen molar-refractivity contribution in [2.24, 2.45) is 0 Å². The van der Waals surface area contributed by atoms with E-state index in [0.29, 0.717) is 0 Å². The molecule has 21 heavy (non-hydrogen) atoms. The molecular weight excluding hydrogens is 260 g/mol. The summed E-state index contributed by atoms with van der Waals surface area (Å²) in [5.74, 6) is 0.958. The summed E-state index contributed by atoms with van der Waals surface area (Å²) < 4.78 is 5.47. The quantitative estimate of drug-likeness (QED) is 0.743. The molecule has 1 heterocycles. The van der Waals surface area contributed by atoms with Gasteiger partial charge in [-0.25, -0.2) is 0 Å². The molecule has 0 saturated carbocycles. The number of H-pyrrole nitrogens is 1. The Morgan fingerprint density at radius 3 is 2.76 bits per heavy atom. The lowest BCUT2D eigenvalue weighted by molar-refractivity contribution is 0.409. The SMILES string of the molecule is COc1c(C)ccc(NCc2ccc3cc[nH]c3c2)c1C. The zero-order chi connectivity index (χ0) is 14.8. The highest BCUT2D eigenvalue weighted by Gasteiger charge is 2.07. The highest BCUT2D eigenvalue weighted by Crippen LogP contribution is 2.29. The molecule has 0 saturated heterocycles. The number of hydrogen-bond acceptors (Lipinski definition) is 2. The summed E-state index contributed by atoms with van der Waals surface area (Å²) in [5, 5.41) is 4.74. The van der Waals surface area contributed by atoms with Crippen molar-refractivity contribution in [1.29, 1.82) is 0 Å². The number of ether oxygens (including phenoxy) is 1. The van der Waals surface area contributed by atoms with Crippen LogP contribution in [0.4, 0.5) is 5.69 Å². The van der Waals surface area contributed by atoms with Crippen molar-refractivity contribution in [3.63, 3.8) is 0 Å². The number of hydrogen-bond donors (Lipinski definition) is 2. The number of aromatic amines is 1. The zero-order valence-corrected chi connectivity index (χ0v) is 12.7. The minimum Gasteiger partial charge on any atom is -0.496 e. The van der Waals surface area contributed by atoms with Crippen LogP contribution in [-0.4, -0.2) is 12.1 Å². The summed E-state index contributed by atoms with van der Waals surface area (Å²) in [6.07, 6.45) is 1.97. The Balaban J connectivity index is 1.81. The Bertz CT molecular complexity index is 774. The van der Waals surface area contributed by atoms with E-state index in [-0.39, 0.29) is 0 Å². The van der Waals surface area contributed by atoms with Crippen LogP contribution in [0.1, 0.15) is 16.7 Å². The minimum absolute atomic E-state index is 0.794. The van der Waals surface area contributed by atoms with Gasteiger partial charge < -0.3 is 15.0 Å². The average molecular weight is 280 g/mol. The molecule has 3 heteroatoms. The highest BCUT2D eigenvalue weighted by atomic mass is 16.5. The van der Waals surface area contributed by atoms with E-state index in [1.165, 1.54) is 16.5 Å². The summed E-state index contributed by atoms with van der Waals surface area (Å²) in [6.45, 7) is 4.94. The number of nitrogens with one attached hydrogen (secondary N) is 2. The van der Waals surface area contributed by atoms with Gasteiger partial charge in [0.05, 0.1) is 7.11 Å². The molecule has 0 amide bonds. The Morgan fingerprint density at radius 2 is 1.95 bits per heavy atom. The van der Waals surface area contributed by atoms with Crippen molar-refractivity contribution in [3.05, 3.63) is 59.3 Å². The largest absolute Gasteiger partial charge is 0.496 e. The van der Waals surface area contributed by atoms with E-state index in [0.717, 1.165) is 29.1 Å². The third-order valence-electron chi connectivity index (χ3n) is 3.91. The summed E-state index contributed by atoms with van der Waals surface area (Å²) in [7, 11) is 1.72. The van der Waals surface area contributed by atoms with Crippen LogP contribution in [0, 0.1) is 13.8 Å². The van der Waals surface area contributed by atoms with Gasteiger partial charge in [0.1, 0.15) is 5.75 Å². The second-order valence-electron chi connectivity index (χ2n) is 5.34. The molecule has 2 aromatic carbocycles.